The summed E-state index contributed by atoms with van der Waals surface area (Å²) in [6.07, 6.45) is -0.0888. The second kappa shape index (κ2) is 7.22. The van der Waals surface area contributed by atoms with Gasteiger partial charge in [-0.15, -0.1) is 0 Å². The summed E-state index contributed by atoms with van der Waals surface area (Å²) in [5.74, 6) is -0.435. The van der Waals surface area contributed by atoms with Gasteiger partial charge in [-0.1, -0.05) is 41.4 Å². The molecule has 26 heavy (non-hydrogen) atoms. The molecule has 0 spiro atoms. The van der Waals surface area contributed by atoms with Crippen molar-refractivity contribution in [2.45, 2.75) is 26.8 Å². The summed E-state index contributed by atoms with van der Waals surface area (Å²) in [5, 5.41) is 13.2. The van der Waals surface area contributed by atoms with Crippen molar-refractivity contribution in [2.75, 3.05) is 0 Å². The van der Waals surface area contributed by atoms with Crippen LogP contribution in [0.5, 0.6) is 5.75 Å². The van der Waals surface area contributed by atoms with Gasteiger partial charge in [-0.3, -0.25) is 4.79 Å². The number of hydrogen-bond donors (Lipinski definition) is 2. The van der Waals surface area contributed by atoms with Crippen LogP contribution >= 0.6 is 11.6 Å². The first-order valence-corrected chi connectivity index (χ1v) is 8.50. The Morgan fingerprint density at radius 3 is 2.58 bits per heavy atom. The summed E-state index contributed by atoms with van der Waals surface area (Å²) in [4.78, 5) is 24.5. The van der Waals surface area contributed by atoms with E-state index in [1.807, 2.05) is 31.2 Å². The Hall–Kier alpha value is -2.79. The van der Waals surface area contributed by atoms with Gasteiger partial charge in [0.05, 0.1) is 17.0 Å². The molecule has 3 aromatic rings. The SMILES string of the molecule is Cc1ccc(CNC(=O)Cc2c(C)c3cc(Cl)c(O)cc3oc2=O)cc1. The van der Waals surface area contributed by atoms with Crippen LogP contribution in [0.4, 0.5) is 0 Å². The Balaban J connectivity index is 1.81. The highest BCUT2D eigenvalue weighted by atomic mass is 35.5. The first kappa shape index (κ1) is 18.0. The van der Waals surface area contributed by atoms with E-state index in [0.29, 0.717) is 17.5 Å². The van der Waals surface area contributed by atoms with Gasteiger partial charge < -0.3 is 14.8 Å². The number of carbonyl (C=O) groups excluding carboxylic acids is 1. The number of halogens is 1. The monoisotopic (exact) mass is 371 g/mol. The maximum absolute atomic E-state index is 12.3. The summed E-state index contributed by atoms with van der Waals surface area (Å²) in [6.45, 7) is 4.11. The zero-order chi connectivity index (χ0) is 18.8. The number of phenols is 1. The van der Waals surface area contributed by atoms with Gasteiger partial charge in [0.25, 0.3) is 0 Å². The average Bonchev–Trinajstić information content (AvgIpc) is 2.60. The van der Waals surface area contributed by atoms with E-state index in [1.54, 1.807) is 6.92 Å². The molecular weight excluding hydrogens is 354 g/mol. The number of amides is 1. The number of fused-ring (bicyclic) bond motifs is 1. The van der Waals surface area contributed by atoms with E-state index in [4.69, 9.17) is 16.0 Å². The molecule has 0 atom stereocenters. The predicted octanol–water partition coefficient (Wildman–Crippen LogP) is 3.63. The zero-order valence-corrected chi connectivity index (χ0v) is 15.2. The number of aromatic hydroxyl groups is 1. The van der Waals surface area contributed by atoms with Gasteiger partial charge in [-0.05, 0) is 31.0 Å². The Kier molecular flexibility index (Phi) is 5.00. The summed E-state index contributed by atoms with van der Waals surface area (Å²) < 4.78 is 5.23. The van der Waals surface area contributed by atoms with Crippen molar-refractivity contribution < 1.29 is 14.3 Å². The molecule has 0 aliphatic heterocycles. The minimum Gasteiger partial charge on any atom is -0.506 e. The Morgan fingerprint density at radius 1 is 1.19 bits per heavy atom. The van der Waals surface area contributed by atoms with Gasteiger partial charge in [0.2, 0.25) is 5.91 Å². The standard InChI is InChI=1S/C20H18ClNO4/c1-11-3-5-13(6-4-11)10-22-19(24)8-15-12(2)14-7-16(21)17(23)9-18(14)26-20(15)25/h3-7,9,23H,8,10H2,1-2H3,(H,22,24). The molecule has 1 amide bonds. The molecule has 0 saturated carbocycles. The van der Waals surface area contributed by atoms with Crippen molar-refractivity contribution in [1.29, 1.82) is 0 Å². The van der Waals surface area contributed by atoms with Crippen molar-refractivity contribution in [3.8, 4) is 5.75 Å². The highest BCUT2D eigenvalue weighted by molar-refractivity contribution is 6.32. The summed E-state index contributed by atoms with van der Waals surface area (Å²) in [7, 11) is 0. The van der Waals surface area contributed by atoms with Crippen LogP contribution in [0.1, 0.15) is 22.3 Å². The first-order valence-electron chi connectivity index (χ1n) is 8.12. The van der Waals surface area contributed by atoms with E-state index in [2.05, 4.69) is 5.32 Å². The topological polar surface area (TPSA) is 79.5 Å². The van der Waals surface area contributed by atoms with Crippen LogP contribution in [0.25, 0.3) is 11.0 Å². The molecular formula is C20H18ClNO4. The molecule has 5 nitrogen and oxygen atoms in total. The van der Waals surface area contributed by atoms with E-state index in [-0.39, 0.29) is 34.2 Å². The molecule has 6 heteroatoms. The van der Waals surface area contributed by atoms with Crippen molar-refractivity contribution in [3.05, 3.63) is 74.1 Å². The number of benzene rings is 2. The molecule has 3 rings (SSSR count). The largest absolute Gasteiger partial charge is 0.506 e. The minimum absolute atomic E-state index is 0.0888. The third kappa shape index (κ3) is 3.73. The van der Waals surface area contributed by atoms with Crippen LogP contribution in [0.3, 0.4) is 0 Å². The molecule has 2 aromatic carbocycles. The zero-order valence-electron chi connectivity index (χ0n) is 14.4. The first-order chi connectivity index (χ1) is 12.3. The van der Waals surface area contributed by atoms with Gasteiger partial charge in [0.15, 0.2) is 0 Å². The van der Waals surface area contributed by atoms with E-state index in [9.17, 15) is 14.7 Å². The van der Waals surface area contributed by atoms with Crippen molar-refractivity contribution in [2.24, 2.45) is 0 Å². The third-order valence-corrected chi connectivity index (χ3v) is 4.61. The minimum atomic E-state index is -0.595. The molecule has 2 N–H and O–H groups in total. The molecule has 134 valence electrons. The van der Waals surface area contributed by atoms with Crippen LogP contribution < -0.4 is 10.9 Å². The molecule has 0 radical (unpaired) electrons. The fourth-order valence-corrected chi connectivity index (χ4v) is 2.90. The van der Waals surface area contributed by atoms with Crippen LogP contribution in [0, 0.1) is 13.8 Å². The van der Waals surface area contributed by atoms with Gasteiger partial charge in [0, 0.05) is 18.0 Å². The Morgan fingerprint density at radius 2 is 1.88 bits per heavy atom. The normalized spacial score (nSPS) is 10.9. The quantitative estimate of drug-likeness (QED) is 0.686. The fraction of sp³-hybridized carbons (Fsp3) is 0.200. The molecule has 0 fully saturated rings. The predicted molar refractivity (Wildman–Crippen MR) is 101 cm³/mol. The van der Waals surface area contributed by atoms with Crippen LogP contribution in [0.15, 0.2) is 45.6 Å². The highest BCUT2D eigenvalue weighted by Crippen LogP contribution is 2.30. The Labute approximate surface area is 155 Å². The van der Waals surface area contributed by atoms with Crippen LogP contribution in [-0.2, 0) is 17.8 Å². The number of aryl methyl sites for hydroxylation is 2. The van der Waals surface area contributed by atoms with Gasteiger partial charge in [-0.25, -0.2) is 4.79 Å². The summed E-state index contributed by atoms with van der Waals surface area (Å²) in [5.41, 5.74) is 2.66. The van der Waals surface area contributed by atoms with E-state index >= 15 is 0 Å². The van der Waals surface area contributed by atoms with Crippen LogP contribution in [-0.4, -0.2) is 11.0 Å². The fourth-order valence-electron chi connectivity index (χ4n) is 2.73. The number of hydrogen-bond acceptors (Lipinski definition) is 4. The van der Waals surface area contributed by atoms with Gasteiger partial charge in [-0.2, -0.15) is 0 Å². The van der Waals surface area contributed by atoms with E-state index < -0.39 is 5.63 Å². The Bertz CT molecular complexity index is 1040. The summed E-state index contributed by atoms with van der Waals surface area (Å²) >= 11 is 5.94. The lowest BCUT2D eigenvalue weighted by atomic mass is 10.0. The molecule has 1 heterocycles. The van der Waals surface area contributed by atoms with E-state index in [0.717, 1.165) is 11.1 Å². The molecule has 0 bridgehead atoms. The number of nitrogens with one attached hydrogen (secondary N) is 1. The lowest BCUT2D eigenvalue weighted by molar-refractivity contribution is -0.120. The van der Waals surface area contributed by atoms with Gasteiger partial charge in [0.1, 0.15) is 11.3 Å². The molecule has 0 aliphatic carbocycles. The molecule has 0 unspecified atom stereocenters. The maximum Gasteiger partial charge on any atom is 0.340 e. The average molecular weight is 372 g/mol. The van der Waals surface area contributed by atoms with Gasteiger partial charge >= 0.3 is 5.63 Å². The summed E-state index contributed by atoms with van der Waals surface area (Å²) in [6, 6.07) is 10.7. The van der Waals surface area contributed by atoms with Crippen molar-refractivity contribution >= 4 is 28.5 Å². The van der Waals surface area contributed by atoms with Crippen LogP contribution in [0.2, 0.25) is 5.02 Å². The number of phenolic OH excluding ortho intramolecular Hbond substituents is 1. The third-order valence-electron chi connectivity index (χ3n) is 4.30. The maximum atomic E-state index is 12.3. The van der Waals surface area contributed by atoms with E-state index in [1.165, 1.54) is 12.1 Å². The highest BCUT2D eigenvalue weighted by Gasteiger charge is 2.16. The number of rotatable bonds is 4. The molecule has 0 aliphatic rings. The molecule has 1 aromatic heterocycles. The second-order valence-electron chi connectivity index (χ2n) is 6.23. The van der Waals surface area contributed by atoms with Crippen molar-refractivity contribution in [1.82, 2.24) is 5.32 Å². The number of carbonyl (C=O) groups is 1. The lowest BCUT2D eigenvalue weighted by Gasteiger charge is -2.09. The molecule has 0 saturated heterocycles. The lowest BCUT2D eigenvalue weighted by Crippen LogP contribution is -2.27. The smallest absolute Gasteiger partial charge is 0.340 e. The second-order valence-corrected chi connectivity index (χ2v) is 6.64. The van der Waals surface area contributed by atoms with Crippen molar-refractivity contribution in [3.63, 3.8) is 0 Å².